The van der Waals surface area contributed by atoms with Crippen LogP contribution in [0.5, 0.6) is 0 Å². The molecular formula is C22H24F2N4O5. The lowest BCUT2D eigenvalue weighted by atomic mass is 10.0. The Bertz CT molecular complexity index is 1030. The standard InChI is InChI=1S/C22H24F2N4O5/c1-32-19(21(29)26-12-13-2-4-14(5-3-13)20(25)27-31)17-16(23)7-6-15(18(17)24)22(30)28-8-10-33-11-9-28/h2-7,19,31H,8-12H2,1H3,(H2,25,27)(H,26,29)/t19-/m0/s1. The van der Waals surface area contributed by atoms with Gasteiger partial charge in [0.05, 0.1) is 24.3 Å². The van der Waals surface area contributed by atoms with Crippen molar-refractivity contribution in [3.05, 3.63) is 70.3 Å². The molecule has 2 amide bonds. The fourth-order valence-corrected chi connectivity index (χ4v) is 3.40. The van der Waals surface area contributed by atoms with Gasteiger partial charge in [0.25, 0.3) is 11.8 Å². The molecular weight excluding hydrogens is 438 g/mol. The Morgan fingerprint density at radius 3 is 2.45 bits per heavy atom. The number of halogens is 2. The highest BCUT2D eigenvalue weighted by Crippen LogP contribution is 2.27. The molecule has 0 radical (unpaired) electrons. The Labute approximate surface area is 188 Å². The van der Waals surface area contributed by atoms with Crippen LogP contribution in [0, 0.1) is 17.0 Å². The predicted octanol–water partition coefficient (Wildman–Crippen LogP) is 1.75. The molecule has 33 heavy (non-hydrogen) atoms. The molecule has 0 aliphatic carbocycles. The number of hydrogen-bond donors (Lipinski definition) is 4. The monoisotopic (exact) mass is 462 g/mol. The Hall–Kier alpha value is -3.41. The van der Waals surface area contributed by atoms with Crippen LogP contribution in [0.3, 0.4) is 0 Å². The van der Waals surface area contributed by atoms with Crippen molar-refractivity contribution in [1.29, 1.82) is 5.41 Å². The van der Waals surface area contributed by atoms with E-state index in [1.54, 1.807) is 29.7 Å². The molecule has 1 fully saturated rings. The molecule has 1 saturated heterocycles. The van der Waals surface area contributed by atoms with Crippen LogP contribution in [-0.4, -0.2) is 61.2 Å². The first-order valence-electron chi connectivity index (χ1n) is 10.1. The van der Waals surface area contributed by atoms with E-state index in [2.05, 4.69) is 5.32 Å². The van der Waals surface area contributed by atoms with E-state index < -0.39 is 35.1 Å². The smallest absolute Gasteiger partial charge is 0.257 e. The van der Waals surface area contributed by atoms with Gasteiger partial charge in [-0.15, -0.1) is 0 Å². The Morgan fingerprint density at radius 1 is 1.18 bits per heavy atom. The number of hydroxylamine groups is 1. The molecule has 1 aliphatic rings. The molecule has 4 N–H and O–H groups in total. The summed E-state index contributed by atoms with van der Waals surface area (Å²) in [5.74, 6) is -3.75. The summed E-state index contributed by atoms with van der Waals surface area (Å²) in [6.45, 7) is 1.23. The van der Waals surface area contributed by atoms with E-state index in [0.29, 0.717) is 24.3 Å². The van der Waals surface area contributed by atoms with Gasteiger partial charge in [0.1, 0.15) is 17.5 Å². The molecule has 0 aromatic heterocycles. The zero-order chi connectivity index (χ0) is 24.0. The van der Waals surface area contributed by atoms with Crippen LogP contribution >= 0.6 is 0 Å². The second kappa shape index (κ2) is 10.9. The van der Waals surface area contributed by atoms with Crippen LogP contribution in [0.2, 0.25) is 0 Å². The summed E-state index contributed by atoms with van der Waals surface area (Å²) in [6, 6.07) is 8.34. The van der Waals surface area contributed by atoms with E-state index in [1.165, 1.54) is 4.90 Å². The SMILES string of the molecule is CO[C@H](C(=O)NCc1ccc(C(=N)NO)cc1)c1c(F)ccc(C(=O)N2CCOCC2)c1F. The summed E-state index contributed by atoms with van der Waals surface area (Å²) >= 11 is 0. The van der Waals surface area contributed by atoms with Gasteiger partial charge in [-0.05, 0) is 17.7 Å². The number of methoxy groups -OCH3 is 1. The lowest BCUT2D eigenvalue weighted by Gasteiger charge is -2.27. The van der Waals surface area contributed by atoms with Gasteiger partial charge in [-0.2, -0.15) is 0 Å². The van der Waals surface area contributed by atoms with Gasteiger partial charge in [0, 0.05) is 32.3 Å². The molecule has 1 aliphatic heterocycles. The van der Waals surface area contributed by atoms with Gasteiger partial charge in [0.15, 0.2) is 6.10 Å². The minimum atomic E-state index is -1.62. The van der Waals surface area contributed by atoms with Crippen molar-refractivity contribution < 1.29 is 33.1 Å². The lowest BCUT2D eigenvalue weighted by molar-refractivity contribution is -0.131. The number of carbonyl (C=O) groups is 2. The number of amidine groups is 1. The quantitative estimate of drug-likeness (QED) is 0.282. The number of morpholine rings is 1. The normalized spacial score (nSPS) is 14.5. The molecule has 1 atom stereocenters. The number of rotatable bonds is 7. The zero-order valence-corrected chi connectivity index (χ0v) is 17.9. The van der Waals surface area contributed by atoms with Gasteiger partial charge in [-0.3, -0.25) is 25.7 Å². The van der Waals surface area contributed by atoms with Crippen molar-refractivity contribution in [3.8, 4) is 0 Å². The van der Waals surface area contributed by atoms with Crippen molar-refractivity contribution in [2.24, 2.45) is 0 Å². The maximum absolute atomic E-state index is 15.2. The number of benzene rings is 2. The second-order valence-corrected chi connectivity index (χ2v) is 7.24. The van der Waals surface area contributed by atoms with E-state index in [-0.39, 0.29) is 31.0 Å². The van der Waals surface area contributed by atoms with Crippen LogP contribution in [0.1, 0.15) is 33.2 Å². The number of nitrogens with zero attached hydrogens (tertiary/aromatic N) is 1. The average Bonchev–Trinajstić information content (AvgIpc) is 2.85. The van der Waals surface area contributed by atoms with Gasteiger partial charge < -0.3 is 19.7 Å². The molecule has 3 rings (SSSR count). The average molecular weight is 462 g/mol. The van der Waals surface area contributed by atoms with Crippen LogP contribution in [0.15, 0.2) is 36.4 Å². The topological polar surface area (TPSA) is 124 Å². The first kappa shape index (κ1) is 24.2. The summed E-state index contributed by atoms with van der Waals surface area (Å²) in [6.07, 6.45) is -1.62. The fourth-order valence-electron chi connectivity index (χ4n) is 3.40. The van der Waals surface area contributed by atoms with Gasteiger partial charge in [-0.1, -0.05) is 24.3 Å². The maximum atomic E-state index is 15.2. The molecule has 2 aromatic carbocycles. The molecule has 0 saturated carbocycles. The highest BCUT2D eigenvalue weighted by molar-refractivity contribution is 5.96. The Morgan fingerprint density at radius 2 is 1.85 bits per heavy atom. The Balaban J connectivity index is 1.76. The summed E-state index contributed by atoms with van der Waals surface area (Å²) in [7, 11) is 1.14. The molecule has 176 valence electrons. The highest BCUT2D eigenvalue weighted by atomic mass is 19.1. The third kappa shape index (κ3) is 5.51. The number of hydrogen-bond acceptors (Lipinski definition) is 6. The number of carbonyl (C=O) groups excluding carboxylic acids is 2. The van der Waals surface area contributed by atoms with E-state index in [1.807, 2.05) is 0 Å². The molecule has 9 nitrogen and oxygen atoms in total. The summed E-state index contributed by atoms with van der Waals surface area (Å²) in [5.41, 5.74) is 1.80. The van der Waals surface area contributed by atoms with Crippen molar-refractivity contribution in [2.75, 3.05) is 33.4 Å². The van der Waals surface area contributed by atoms with Crippen molar-refractivity contribution >= 4 is 17.6 Å². The third-order valence-electron chi connectivity index (χ3n) is 5.21. The molecule has 0 unspecified atom stereocenters. The predicted molar refractivity (Wildman–Crippen MR) is 113 cm³/mol. The molecule has 11 heteroatoms. The van der Waals surface area contributed by atoms with E-state index in [4.69, 9.17) is 20.1 Å². The molecule has 1 heterocycles. The molecule has 0 bridgehead atoms. The number of ether oxygens (including phenoxy) is 2. The van der Waals surface area contributed by atoms with Crippen LogP contribution in [-0.2, 0) is 20.8 Å². The fraction of sp³-hybridized carbons (Fsp3) is 0.318. The minimum absolute atomic E-state index is 0.0223. The summed E-state index contributed by atoms with van der Waals surface area (Å²) in [4.78, 5) is 26.8. The van der Waals surface area contributed by atoms with E-state index in [9.17, 15) is 14.0 Å². The zero-order valence-electron chi connectivity index (χ0n) is 17.9. The number of nitrogens with one attached hydrogen (secondary N) is 3. The van der Waals surface area contributed by atoms with Crippen LogP contribution in [0.25, 0.3) is 0 Å². The largest absolute Gasteiger partial charge is 0.378 e. The molecule has 0 spiro atoms. The number of amides is 2. The minimum Gasteiger partial charge on any atom is -0.378 e. The maximum Gasteiger partial charge on any atom is 0.257 e. The Kier molecular flexibility index (Phi) is 8.04. The van der Waals surface area contributed by atoms with E-state index >= 15 is 4.39 Å². The van der Waals surface area contributed by atoms with Gasteiger partial charge in [0.2, 0.25) is 0 Å². The highest BCUT2D eigenvalue weighted by Gasteiger charge is 2.31. The van der Waals surface area contributed by atoms with E-state index in [0.717, 1.165) is 19.2 Å². The van der Waals surface area contributed by atoms with Crippen LogP contribution in [0.4, 0.5) is 8.78 Å². The second-order valence-electron chi connectivity index (χ2n) is 7.24. The molecule has 2 aromatic rings. The lowest BCUT2D eigenvalue weighted by Crippen LogP contribution is -2.41. The van der Waals surface area contributed by atoms with Crippen molar-refractivity contribution in [3.63, 3.8) is 0 Å². The van der Waals surface area contributed by atoms with Gasteiger partial charge >= 0.3 is 0 Å². The summed E-state index contributed by atoms with van der Waals surface area (Å²) < 4.78 is 40.1. The third-order valence-corrected chi connectivity index (χ3v) is 5.21. The van der Waals surface area contributed by atoms with Crippen molar-refractivity contribution in [2.45, 2.75) is 12.6 Å². The van der Waals surface area contributed by atoms with Gasteiger partial charge in [-0.25, -0.2) is 8.78 Å². The summed E-state index contributed by atoms with van der Waals surface area (Å²) in [5, 5.41) is 18.8. The first-order chi connectivity index (χ1) is 15.9. The first-order valence-corrected chi connectivity index (χ1v) is 10.1. The van der Waals surface area contributed by atoms with Crippen molar-refractivity contribution in [1.82, 2.24) is 15.7 Å². The van der Waals surface area contributed by atoms with Crippen LogP contribution < -0.4 is 10.8 Å².